The fourth-order valence-corrected chi connectivity index (χ4v) is 3.80. The molecule has 7 heteroatoms. The highest BCUT2D eigenvalue weighted by Gasteiger charge is 2.38. The van der Waals surface area contributed by atoms with Crippen LogP contribution in [0.3, 0.4) is 0 Å². The summed E-state index contributed by atoms with van der Waals surface area (Å²) in [5.74, 6) is 0.376. The SMILES string of the molecule is CC(Cc1ccccc1C(F)(F)F)NC(=O)N1CCC[C@H]2COC[C@H]21. The second kappa shape index (κ2) is 7.23. The summed E-state index contributed by atoms with van der Waals surface area (Å²) in [7, 11) is 0. The molecule has 0 aliphatic carbocycles. The van der Waals surface area contributed by atoms with Gasteiger partial charge in [-0.2, -0.15) is 13.2 Å². The number of carbonyl (C=O) groups excluding carboxylic acids is 1. The molecule has 0 spiro atoms. The van der Waals surface area contributed by atoms with Gasteiger partial charge < -0.3 is 15.0 Å². The molecule has 25 heavy (non-hydrogen) atoms. The van der Waals surface area contributed by atoms with Gasteiger partial charge in [-0.1, -0.05) is 18.2 Å². The first-order valence-corrected chi connectivity index (χ1v) is 8.66. The van der Waals surface area contributed by atoms with Crippen LogP contribution in [0.2, 0.25) is 0 Å². The molecule has 3 rings (SSSR count). The molecule has 1 N–H and O–H groups in total. The lowest BCUT2D eigenvalue weighted by atomic mass is 9.92. The number of likely N-dealkylation sites (tertiary alicyclic amines) is 1. The molecule has 2 amide bonds. The summed E-state index contributed by atoms with van der Waals surface area (Å²) in [6.07, 6.45) is -2.26. The Morgan fingerprint density at radius 3 is 2.88 bits per heavy atom. The van der Waals surface area contributed by atoms with Crippen molar-refractivity contribution in [2.75, 3.05) is 19.8 Å². The number of piperidine rings is 1. The summed E-state index contributed by atoms with van der Waals surface area (Å²) < 4.78 is 44.7. The van der Waals surface area contributed by atoms with Gasteiger partial charge in [0, 0.05) is 18.5 Å². The second-order valence-electron chi connectivity index (χ2n) is 6.91. The minimum atomic E-state index is -4.39. The van der Waals surface area contributed by atoms with Crippen LogP contribution in [0, 0.1) is 5.92 Å². The lowest BCUT2D eigenvalue weighted by molar-refractivity contribution is -0.138. The number of hydrogen-bond acceptors (Lipinski definition) is 2. The van der Waals surface area contributed by atoms with E-state index in [1.54, 1.807) is 17.9 Å². The van der Waals surface area contributed by atoms with Crippen LogP contribution in [0.15, 0.2) is 24.3 Å². The number of amides is 2. The molecule has 0 saturated carbocycles. The van der Waals surface area contributed by atoms with Gasteiger partial charge in [-0.25, -0.2) is 4.79 Å². The van der Waals surface area contributed by atoms with E-state index in [9.17, 15) is 18.0 Å². The zero-order valence-electron chi connectivity index (χ0n) is 14.2. The maximum absolute atomic E-state index is 13.1. The van der Waals surface area contributed by atoms with Gasteiger partial charge in [0.25, 0.3) is 0 Å². The Hall–Kier alpha value is -1.76. The molecule has 2 aliphatic rings. The Morgan fingerprint density at radius 2 is 2.12 bits per heavy atom. The van der Waals surface area contributed by atoms with E-state index < -0.39 is 17.8 Å². The summed E-state index contributed by atoms with van der Waals surface area (Å²) in [5, 5.41) is 2.85. The van der Waals surface area contributed by atoms with E-state index in [0.717, 1.165) is 18.9 Å². The molecule has 2 aliphatic heterocycles. The minimum absolute atomic E-state index is 0.0865. The largest absolute Gasteiger partial charge is 0.416 e. The van der Waals surface area contributed by atoms with E-state index in [1.807, 2.05) is 0 Å². The summed E-state index contributed by atoms with van der Waals surface area (Å²) in [6.45, 7) is 3.63. The number of alkyl halides is 3. The van der Waals surface area contributed by atoms with E-state index in [2.05, 4.69) is 5.32 Å². The van der Waals surface area contributed by atoms with Crippen molar-refractivity contribution < 1.29 is 22.7 Å². The van der Waals surface area contributed by atoms with E-state index >= 15 is 0 Å². The Kier molecular flexibility index (Phi) is 5.22. The Bertz CT molecular complexity index is 621. The second-order valence-corrected chi connectivity index (χ2v) is 6.91. The van der Waals surface area contributed by atoms with Crippen LogP contribution < -0.4 is 5.32 Å². The van der Waals surface area contributed by atoms with Crippen molar-refractivity contribution in [3.8, 4) is 0 Å². The third kappa shape index (κ3) is 4.08. The molecule has 0 radical (unpaired) electrons. The van der Waals surface area contributed by atoms with Crippen LogP contribution in [-0.2, 0) is 17.3 Å². The van der Waals surface area contributed by atoms with Crippen molar-refractivity contribution in [3.05, 3.63) is 35.4 Å². The molecule has 2 fully saturated rings. The number of hydrogen-bond donors (Lipinski definition) is 1. The molecule has 2 saturated heterocycles. The molecular weight excluding hydrogens is 333 g/mol. The third-order valence-electron chi connectivity index (χ3n) is 5.02. The normalized spacial score (nSPS) is 24.7. The van der Waals surface area contributed by atoms with Crippen molar-refractivity contribution in [1.82, 2.24) is 10.2 Å². The van der Waals surface area contributed by atoms with Gasteiger partial charge in [0.2, 0.25) is 0 Å². The van der Waals surface area contributed by atoms with Crippen LogP contribution in [0.1, 0.15) is 30.9 Å². The number of benzene rings is 1. The van der Waals surface area contributed by atoms with E-state index in [4.69, 9.17) is 4.74 Å². The Morgan fingerprint density at radius 1 is 1.36 bits per heavy atom. The molecular formula is C18H23F3N2O2. The fraction of sp³-hybridized carbons (Fsp3) is 0.611. The maximum Gasteiger partial charge on any atom is 0.416 e. The van der Waals surface area contributed by atoms with E-state index in [-0.39, 0.29) is 24.1 Å². The van der Waals surface area contributed by atoms with Crippen LogP contribution in [-0.4, -0.2) is 42.8 Å². The van der Waals surface area contributed by atoms with Gasteiger partial charge in [0.15, 0.2) is 0 Å². The maximum atomic E-state index is 13.1. The summed E-state index contributed by atoms with van der Waals surface area (Å²) in [6, 6.07) is 5.00. The van der Waals surface area contributed by atoms with Gasteiger partial charge in [0.05, 0.1) is 24.8 Å². The molecule has 2 heterocycles. The fourth-order valence-electron chi connectivity index (χ4n) is 3.80. The highest BCUT2D eigenvalue weighted by atomic mass is 19.4. The number of ether oxygens (including phenoxy) is 1. The van der Waals surface area contributed by atoms with Gasteiger partial charge >= 0.3 is 12.2 Å². The third-order valence-corrected chi connectivity index (χ3v) is 5.02. The molecule has 1 aromatic carbocycles. The first kappa shape index (κ1) is 18.0. The van der Waals surface area contributed by atoms with Crippen LogP contribution >= 0.6 is 0 Å². The number of rotatable bonds is 3. The standard InChI is InChI=1S/C18H23F3N2O2/c1-12(9-13-5-2-3-7-15(13)18(19,20)21)22-17(24)23-8-4-6-14-10-25-11-16(14)23/h2-3,5,7,12,14,16H,4,6,8-11H2,1H3,(H,22,24)/t12?,14-,16+/m0/s1. The minimum Gasteiger partial charge on any atom is -0.379 e. The van der Waals surface area contributed by atoms with Crippen molar-refractivity contribution in [1.29, 1.82) is 0 Å². The topological polar surface area (TPSA) is 41.6 Å². The number of nitrogens with one attached hydrogen (secondary N) is 1. The number of urea groups is 1. The summed E-state index contributed by atoms with van der Waals surface area (Å²) >= 11 is 0. The first-order valence-electron chi connectivity index (χ1n) is 8.66. The smallest absolute Gasteiger partial charge is 0.379 e. The van der Waals surface area contributed by atoms with E-state index in [1.165, 1.54) is 12.1 Å². The van der Waals surface area contributed by atoms with Crippen molar-refractivity contribution in [2.45, 2.75) is 44.4 Å². The number of fused-ring (bicyclic) bond motifs is 1. The lowest BCUT2D eigenvalue weighted by Gasteiger charge is -2.37. The van der Waals surface area contributed by atoms with Crippen LogP contribution in [0.4, 0.5) is 18.0 Å². The zero-order valence-corrected chi connectivity index (χ0v) is 14.2. The molecule has 138 valence electrons. The van der Waals surface area contributed by atoms with Crippen molar-refractivity contribution >= 4 is 6.03 Å². The molecule has 0 bridgehead atoms. The van der Waals surface area contributed by atoms with Gasteiger partial charge in [-0.3, -0.25) is 0 Å². The monoisotopic (exact) mass is 356 g/mol. The Labute approximate surface area is 145 Å². The molecule has 0 aromatic heterocycles. The van der Waals surface area contributed by atoms with Crippen molar-refractivity contribution in [2.24, 2.45) is 5.92 Å². The highest BCUT2D eigenvalue weighted by Crippen LogP contribution is 2.32. The van der Waals surface area contributed by atoms with Crippen LogP contribution in [0.25, 0.3) is 0 Å². The molecule has 4 nitrogen and oxygen atoms in total. The first-order chi connectivity index (χ1) is 11.9. The molecule has 3 atom stereocenters. The summed E-state index contributed by atoms with van der Waals surface area (Å²) in [4.78, 5) is 14.3. The predicted octanol–water partition coefficient (Wildman–Crippen LogP) is 3.46. The number of nitrogens with zero attached hydrogens (tertiary/aromatic N) is 1. The molecule has 1 unspecified atom stereocenters. The predicted molar refractivity (Wildman–Crippen MR) is 87.2 cm³/mol. The van der Waals surface area contributed by atoms with Crippen molar-refractivity contribution in [3.63, 3.8) is 0 Å². The lowest BCUT2D eigenvalue weighted by Crippen LogP contribution is -2.53. The van der Waals surface area contributed by atoms with Crippen LogP contribution in [0.5, 0.6) is 0 Å². The van der Waals surface area contributed by atoms with Gasteiger partial charge in [-0.05, 0) is 37.8 Å². The average molecular weight is 356 g/mol. The average Bonchev–Trinajstić information content (AvgIpc) is 3.02. The number of carbonyl (C=O) groups is 1. The Balaban J connectivity index is 1.63. The van der Waals surface area contributed by atoms with Gasteiger partial charge in [0.1, 0.15) is 0 Å². The zero-order chi connectivity index (χ0) is 18.0. The summed E-state index contributed by atoms with van der Waals surface area (Å²) in [5.41, 5.74) is -0.443. The molecule has 1 aromatic rings. The van der Waals surface area contributed by atoms with E-state index in [0.29, 0.717) is 25.7 Å². The number of halogens is 3. The highest BCUT2D eigenvalue weighted by molar-refractivity contribution is 5.75. The van der Waals surface area contributed by atoms with Gasteiger partial charge in [-0.15, -0.1) is 0 Å². The quantitative estimate of drug-likeness (QED) is 0.901.